The first-order chi connectivity index (χ1) is 6.79. The van der Waals surface area contributed by atoms with Crippen LogP contribution in [0.3, 0.4) is 0 Å². The minimum absolute atomic E-state index is 0.280. The van der Waals surface area contributed by atoms with Crippen LogP contribution in [0.2, 0.25) is 0 Å². The van der Waals surface area contributed by atoms with Crippen molar-refractivity contribution in [1.82, 2.24) is 0 Å². The summed E-state index contributed by atoms with van der Waals surface area (Å²) < 4.78 is 0. The van der Waals surface area contributed by atoms with E-state index < -0.39 is 0 Å². The second-order valence-corrected chi connectivity index (χ2v) is 2.83. The fourth-order valence-corrected chi connectivity index (χ4v) is 1.14. The van der Waals surface area contributed by atoms with Crippen LogP contribution in [-0.2, 0) is 4.84 Å². The molecule has 0 radical (unpaired) electrons. The predicted molar refractivity (Wildman–Crippen MR) is 54.6 cm³/mol. The summed E-state index contributed by atoms with van der Waals surface area (Å²) in [4.78, 5) is 4.73. The van der Waals surface area contributed by atoms with Gasteiger partial charge in [0.2, 0.25) is 0 Å². The van der Waals surface area contributed by atoms with E-state index in [0.29, 0.717) is 5.71 Å². The number of nitrogens with one attached hydrogen (secondary N) is 1. The molecule has 0 aliphatic carbocycles. The molecular weight excluding hydrogens is 178 g/mol. The van der Waals surface area contributed by atoms with Crippen molar-refractivity contribution in [3.63, 3.8) is 0 Å². The average Bonchev–Trinajstić information content (AvgIpc) is 2.26. The van der Waals surface area contributed by atoms with Crippen LogP contribution in [0.1, 0.15) is 12.5 Å². The van der Waals surface area contributed by atoms with Gasteiger partial charge in [0.25, 0.3) is 0 Å². The maximum atomic E-state index is 6.96. The lowest BCUT2D eigenvalue weighted by Crippen LogP contribution is -2.15. The summed E-state index contributed by atoms with van der Waals surface area (Å²) in [6.07, 6.45) is 0. The Bertz CT molecular complexity index is 321. The smallest absolute Gasteiger partial charge is 0.114 e. The Balaban J connectivity index is 3.01. The third-order valence-corrected chi connectivity index (χ3v) is 1.85. The number of hydrogen-bond donors (Lipinski definition) is 1. The Labute approximate surface area is 83.1 Å². The zero-order valence-electron chi connectivity index (χ0n) is 8.27. The zero-order valence-corrected chi connectivity index (χ0v) is 8.27. The first kappa shape index (κ1) is 10.4. The van der Waals surface area contributed by atoms with E-state index in [-0.39, 0.29) is 6.04 Å². The maximum Gasteiger partial charge on any atom is 0.114 e. The zero-order chi connectivity index (χ0) is 10.4. The summed E-state index contributed by atoms with van der Waals surface area (Å²) in [6, 6.07) is 9.31. The normalized spacial score (nSPS) is 13.4. The summed E-state index contributed by atoms with van der Waals surface area (Å²) in [7, 11) is 1.49. The molecule has 1 N–H and O–H groups in total. The van der Waals surface area contributed by atoms with E-state index in [4.69, 9.17) is 10.4 Å². The number of rotatable bonds is 4. The van der Waals surface area contributed by atoms with Gasteiger partial charge in [-0.1, -0.05) is 35.5 Å². The fraction of sp³-hybridized carbons (Fsp3) is 0.300. The second kappa shape index (κ2) is 5.11. The molecule has 14 heavy (non-hydrogen) atoms. The molecule has 0 amide bonds. The number of oxime groups is 1. The standard InChI is InChI=1S/C10H13N3O/c1-8(12-11)10(13-14-2)9-6-4-3-5-7-9/h3-8,11H,1-2H3. The quantitative estimate of drug-likeness (QED) is 0.443. The summed E-state index contributed by atoms with van der Waals surface area (Å²) >= 11 is 0. The van der Waals surface area contributed by atoms with Gasteiger partial charge in [-0.15, -0.1) is 0 Å². The van der Waals surface area contributed by atoms with Gasteiger partial charge in [0.1, 0.15) is 18.9 Å². The molecule has 0 aliphatic heterocycles. The Morgan fingerprint density at radius 1 is 1.36 bits per heavy atom. The van der Waals surface area contributed by atoms with Crippen molar-refractivity contribution in [2.24, 2.45) is 10.3 Å². The van der Waals surface area contributed by atoms with E-state index in [1.54, 1.807) is 6.92 Å². The Morgan fingerprint density at radius 3 is 2.50 bits per heavy atom. The van der Waals surface area contributed by atoms with Gasteiger partial charge >= 0.3 is 0 Å². The lowest BCUT2D eigenvalue weighted by molar-refractivity contribution is 0.212. The first-order valence-corrected chi connectivity index (χ1v) is 4.32. The van der Waals surface area contributed by atoms with Gasteiger partial charge in [0.05, 0.1) is 0 Å². The molecule has 4 nitrogen and oxygen atoms in total. The van der Waals surface area contributed by atoms with Crippen molar-refractivity contribution in [3.8, 4) is 0 Å². The SMILES string of the molecule is CON=C(c1ccccc1)C(C)N=N. The van der Waals surface area contributed by atoms with Gasteiger partial charge in [0, 0.05) is 5.56 Å². The molecule has 0 heterocycles. The summed E-state index contributed by atoms with van der Waals surface area (Å²) in [5.74, 6) is 0. The average molecular weight is 191 g/mol. The van der Waals surface area contributed by atoms with Crippen molar-refractivity contribution in [1.29, 1.82) is 5.53 Å². The van der Waals surface area contributed by atoms with Crippen molar-refractivity contribution in [3.05, 3.63) is 35.9 Å². The second-order valence-electron chi connectivity index (χ2n) is 2.83. The Morgan fingerprint density at radius 2 is 2.00 bits per heavy atom. The van der Waals surface area contributed by atoms with Crippen LogP contribution >= 0.6 is 0 Å². The number of hydrogen-bond acceptors (Lipinski definition) is 4. The van der Waals surface area contributed by atoms with Crippen LogP contribution < -0.4 is 0 Å². The highest BCUT2D eigenvalue weighted by molar-refractivity contribution is 6.03. The van der Waals surface area contributed by atoms with Crippen molar-refractivity contribution in [2.45, 2.75) is 13.0 Å². The lowest BCUT2D eigenvalue weighted by atomic mass is 10.1. The third kappa shape index (κ3) is 2.39. The molecule has 1 aromatic carbocycles. The molecule has 0 aliphatic rings. The fourth-order valence-electron chi connectivity index (χ4n) is 1.14. The van der Waals surface area contributed by atoms with Crippen LogP contribution in [0.5, 0.6) is 0 Å². The minimum atomic E-state index is -0.280. The van der Waals surface area contributed by atoms with Crippen LogP contribution in [0.4, 0.5) is 0 Å². The van der Waals surface area contributed by atoms with Crippen LogP contribution in [-0.4, -0.2) is 18.9 Å². The summed E-state index contributed by atoms with van der Waals surface area (Å²) in [5, 5.41) is 7.29. The Kier molecular flexibility index (Phi) is 3.79. The van der Waals surface area contributed by atoms with Crippen LogP contribution in [0, 0.1) is 5.53 Å². The van der Waals surface area contributed by atoms with Gasteiger partial charge in [0.15, 0.2) is 0 Å². The highest BCUT2D eigenvalue weighted by Crippen LogP contribution is 2.07. The molecule has 0 aromatic heterocycles. The molecule has 0 fully saturated rings. The van der Waals surface area contributed by atoms with E-state index in [1.807, 2.05) is 30.3 Å². The van der Waals surface area contributed by atoms with Gasteiger partial charge in [-0.2, -0.15) is 5.11 Å². The minimum Gasteiger partial charge on any atom is -0.399 e. The predicted octanol–water partition coefficient (Wildman–Crippen LogP) is 2.46. The number of benzene rings is 1. The van der Waals surface area contributed by atoms with Gasteiger partial charge < -0.3 is 4.84 Å². The van der Waals surface area contributed by atoms with Gasteiger partial charge in [-0.25, -0.2) is 5.53 Å². The molecule has 1 unspecified atom stereocenters. The van der Waals surface area contributed by atoms with E-state index in [0.717, 1.165) is 5.56 Å². The van der Waals surface area contributed by atoms with Crippen molar-refractivity contribution < 1.29 is 4.84 Å². The van der Waals surface area contributed by atoms with Crippen LogP contribution in [0.25, 0.3) is 0 Å². The first-order valence-electron chi connectivity index (χ1n) is 4.32. The largest absolute Gasteiger partial charge is 0.399 e. The maximum absolute atomic E-state index is 6.96. The molecule has 74 valence electrons. The van der Waals surface area contributed by atoms with Gasteiger partial charge in [-0.3, -0.25) is 0 Å². The van der Waals surface area contributed by atoms with E-state index in [2.05, 4.69) is 10.3 Å². The molecular formula is C10H13N3O. The van der Waals surface area contributed by atoms with Crippen molar-refractivity contribution >= 4 is 5.71 Å². The molecule has 0 saturated heterocycles. The lowest BCUT2D eigenvalue weighted by Gasteiger charge is -2.07. The molecule has 1 aromatic rings. The van der Waals surface area contributed by atoms with Crippen molar-refractivity contribution in [2.75, 3.05) is 7.11 Å². The topological polar surface area (TPSA) is 57.8 Å². The molecule has 0 spiro atoms. The summed E-state index contributed by atoms with van der Waals surface area (Å²) in [5.41, 5.74) is 8.55. The molecule has 0 saturated carbocycles. The Hall–Kier alpha value is -1.71. The van der Waals surface area contributed by atoms with Gasteiger partial charge in [-0.05, 0) is 6.92 Å². The van der Waals surface area contributed by atoms with E-state index >= 15 is 0 Å². The number of nitrogens with zero attached hydrogens (tertiary/aromatic N) is 2. The third-order valence-electron chi connectivity index (χ3n) is 1.85. The van der Waals surface area contributed by atoms with E-state index in [9.17, 15) is 0 Å². The van der Waals surface area contributed by atoms with E-state index in [1.165, 1.54) is 7.11 Å². The molecule has 1 rings (SSSR count). The van der Waals surface area contributed by atoms with Crippen LogP contribution in [0.15, 0.2) is 40.6 Å². The highest BCUT2D eigenvalue weighted by Gasteiger charge is 2.11. The summed E-state index contributed by atoms with van der Waals surface area (Å²) in [6.45, 7) is 1.80. The monoisotopic (exact) mass is 191 g/mol. The highest BCUT2D eigenvalue weighted by atomic mass is 16.6. The molecule has 4 heteroatoms. The molecule has 0 bridgehead atoms. The molecule has 1 atom stereocenters.